The third-order valence-electron chi connectivity index (χ3n) is 10.8. The van der Waals surface area contributed by atoms with Crippen molar-refractivity contribution in [2.45, 2.75) is 208 Å². The molecule has 4 aromatic rings. The van der Waals surface area contributed by atoms with Crippen LogP contribution in [-0.4, -0.2) is 77.7 Å². The highest BCUT2D eigenvalue weighted by atomic mass is 19.4. The van der Waals surface area contributed by atoms with Crippen LogP contribution < -0.4 is 21.3 Å². The van der Waals surface area contributed by atoms with Crippen LogP contribution >= 0.6 is 0 Å². The fraction of sp³-hybridized carbons (Fsp3) is 0.593. The highest BCUT2D eigenvalue weighted by molar-refractivity contribution is 5.94. The van der Waals surface area contributed by atoms with Gasteiger partial charge in [0.25, 0.3) is 23.6 Å². The van der Waals surface area contributed by atoms with Crippen molar-refractivity contribution < 1.29 is 45.5 Å². The van der Waals surface area contributed by atoms with E-state index in [1.54, 1.807) is 55.4 Å². The molecular weight excluding hydrogens is 967 g/mol. The molecule has 4 amide bonds. The van der Waals surface area contributed by atoms with Gasteiger partial charge in [0.05, 0.1) is 0 Å². The monoisotopic (exact) mass is 1040 g/mol. The van der Waals surface area contributed by atoms with E-state index in [1.165, 1.54) is 30.5 Å². The predicted octanol–water partition coefficient (Wildman–Crippen LogP) is 12.0. The number of rotatable bonds is 14. The lowest BCUT2D eigenvalue weighted by atomic mass is 10.0. The molecule has 408 valence electrons. The van der Waals surface area contributed by atoms with Crippen molar-refractivity contribution >= 4 is 23.6 Å². The highest BCUT2D eigenvalue weighted by Crippen LogP contribution is 2.40. The summed E-state index contributed by atoms with van der Waals surface area (Å²) in [4.78, 5) is 71.2. The van der Waals surface area contributed by atoms with E-state index in [9.17, 15) is 45.5 Å². The summed E-state index contributed by atoms with van der Waals surface area (Å²) in [7, 11) is 0. The van der Waals surface area contributed by atoms with E-state index in [4.69, 9.17) is 0 Å². The molecule has 2 aliphatic rings. The number of pyridine rings is 2. The maximum absolute atomic E-state index is 12.7. The molecule has 0 radical (unpaired) electrons. The van der Waals surface area contributed by atoms with Crippen molar-refractivity contribution in [3.05, 3.63) is 105 Å². The van der Waals surface area contributed by atoms with E-state index in [2.05, 4.69) is 84.9 Å². The van der Waals surface area contributed by atoms with Gasteiger partial charge in [-0.05, 0) is 152 Å². The lowest BCUT2D eigenvalue weighted by Gasteiger charge is -2.14. The first-order chi connectivity index (χ1) is 34.2. The summed E-state index contributed by atoms with van der Waals surface area (Å²) in [5, 5.41) is 10.8. The molecule has 14 nitrogen and oxygen atoms in total. The van der Waals surface area contributed by atoms with Gasteiger partial charge in [0.1, 0.15) is 34.3 Å². The van der Waals surface area contributed by atoms with E-state index in [0.29, 0.717) is 40.6 Å². The molecule has 0 unspecified atom stereocenters. The second kappa shape index (κ2) is 26.9. The van der Waals surface area contributed by atoms with E-state index in [1.807, 2.05) is 39.8 Å². The third kappa shape index (κ3) is 20.7. The number of amides is 4. The maximum atomic E-state index is 12.7. The minimum absolute atomic E-state index is 0.0607. The van der Waals surface area contributed by atoms with Crippen molar-refractivity contribution in [3.8, 4) is 0 Å². The number of alkyl halides is 6. The predicted molar refractivity (Wildman–Crippen MR) is 273 cm³/mol. The van der Waals surface area contributed by atoms with Gasteiger partial charge < -0.3 is 21.3 Å². The van der Waals surface area contributed by atoms with Gasteiger partial charge in [0, 0.05) is 53.1 Å². The van der Waals surface area contributed by atoms with Gasteiger partial charge in [-0.15, -0.1) is 0 Å². The largest absolute Gasteiger partial charge is 0.451 e. The summed E-state index contributed by atoms with van der Waals surface area (Å²) < 4.78 is 76.3. The Morgan fingerprint density at radius 2 is 0.784 bits per heavy atom. The van der Waals surface area contributed by atoms with Crippen LogP contribution in [-0.2, 0) is 12.4 Å². The first kappa shape index (κ1) is 62.2. The van der Waals surface area contributed by atoms with Gasteiger partial charge in [0.2, 0.25) is 5.82 Å². The minimum atomic E-state index is -4.67. The van der Waals surface area contributed by atoms with E-state index < -0.39 is 35.7 Å². The number of hydrogen-bond donors (Lipinski definition) is 4. The van der Waals surface area contributed by atoms with Crippen LogP contribution in [0.3, 0.4) is 0 Å². The van der Waals surface area contributed by atoms with E-state index in [-0.39, 0.29) is 64.9 Å². The van der Waals surface area contributed by atoms with Crippen LogP contribution in [0.5, 0.6) is 0 Å². The van der Waals surface area contributed by atoms with Crippen LogP contribution in [0.25, 0.3) is 0 Å². The quantitative estimate of drug-likeness (QED) is 0.0883. The zero-order chi connectivity index (χ0) is 56.2. The van der Waals surface area contributed by atoms with Crippen molar-refractivity contribution in [3.63, 3.8) is 0 Å². The van der Waals surface area contributed by atoms with Gasteiger partial charge in [-0.1, -0.05) is 55.4 Å². The zero-order valence-corrected chi connectivity index (χ0v) is 45.7. The van der Waals surface area contributed by atoms with E-state index >= 15 is 0 Å². The molecule has 0 aliphatic heterocycles. The van der Waals surface area contributed by atoms with Crippen LogP contribution in [0, 0.1) is 0 Å². The molecule has 0 saturated heterocycles. The Balaban J connectivity index is 0.000000260. The average Bonchev–Trinajstić information content (AvgIpc) is 4.23. The SMILES string of the molecule is CC(C)NC(=O)c1cc(C(C)C)cc(C(F)(F)F)n1.CC(C)NC(=O)c1cc(C(C)C)cc(C2CC2)n1.CC(C)NC(=O)c1cc(C(C)C)nc(C(F)(F)F)n1.CC(C)NC(=O)c1cc(C(C)C)nc(C2CC2)n1. The Morgan fingerprint density at radius 1 is 0.419 bits per heavy atom. The molecule has 0 bridgehead atoms. The minimum Gasteiger partial charge on any atom is -0.349 e. The van der Waals surface area contributed by atoms with Crippen molar-refractivity contribution in [2.24, 2.45) is 0 Å². The summed E-state index contributed by atoms with van der Waals surface area (Å²) in [6.07, 6.45) is -4.52. The smallest absolute Gasteiger partial charge is 0.349 e. The number of carbonyl (C=O) groups excluding carboxylic acids is 4. The molecule has 74 heavy (non-hydrogen) atoms. The topological polar surface area (TPSA) is 194 Å². The van der Waals surface area contributed by atoms with E-state index in [0.717, 1.165) is 36.1 Å². The number of nitrogens with one attached hydrogen (secondary N) is 4. The first-order valence-electron chi connectivity index (χ1n) is 25.4. The Kier molecular flexibility index (Phi) is 22.6. The van der Waals surface area contributed by atoms with Crippen LogP contribution in [0.4, 0.5) is 26.3 Å². The molecule has 0 atom stereocenters. The molecule has 0 spiro atoms. The molecule has 2 fully saturated rings. The lowest BCUT2D eigenvalue weighted by Crippen LogP contribution is -2.31. The summed E-state index contributed by atoms with van der Waals surface area (Å²) in [5.41, 5.74) is 3.46. The summed E-state index contributed by atoms with van der Waals surface area (Å²) in [6, 6.07) is 9.50. The molecular formula is C54H76F6N10O4. The Labute approximate surface area is 432 Å². The molecule has 0 aromatic carbocycles. The normalized spacial score (nSPS) is 13.6. The number of halogens is 6. The Morgan fingerprint density at radius 3 is 1.14 bits per heavy atom. The molecule has 4 aromatic heterocycles. The Bertz CT molecular complexity index is 2320. The summed E-state index contributed by atoms with van der Waals surface area (Å²) in [6.45, 7) is 30.1. The summed E-state index contributed by atoms with van der Waals surface area (Å²) in [5.74, 6) is -0.388. The molecule has 2 aliphatic carbocycles. The molecule has 20 heteroatoms. The van der Waals surface area contributed by atoms with Crippen molar-refractivity contribution in [2.75, 3.05) is 0 Å². The number of aromatic nitrogens is 6. The van der Waals surface area contributed by atoms with Crippen molar-refractivity contribution in [1.82, 2.24) is 51.2 Å². The second-order valence-electron chi connectivity index (χ2n) is 21.1. The highest BCUT2D eigenvalue weighted by Gasteiger charge is 2.37. The maximum Gasteiger partial charge on any atom is 0.451 e. The third-order valence-corrected chi connectivity index (χ3v) is 10.8. The van der Waals surface area contributed by atoms with Crippen LogP contribution in [0.15, 0.2) is 36.4 Å². The molecule has 4 heterocycles. The second-order valence-corrected chi connectivity index (χ2v) is 21.1. The summed E-state index contributed by atoms with van der Waals surface area (Å²) >= 11 is 0. The molecule has 6 rings (SSSR count). The number of hydrogen-bond acceptors (Lipinski definition) is 10. The molecule has 4 N–H and O–H groups in total. The van der Waals surface area contributed by atoms with Gasteiger partial charge in [0.15, 0.2) is 0 Å². The average molecular weight is 1040 g/mol. The van der Waals surface area contributed by atoms with Gasteiger partial charge >= 0.3 is 12.4 Å². The zero-order valence-electron chi connectivity index (χ0n) is 45.7. The first-order valence-corrected chi connectivity index (χ1v) is 25.4. The van der Waals surface area contributed by atoms with Gasteiger partial charge in [-0.25, -0.2) is 29.9 Å². The Hall–Kier alpha value is -6.08. The number of nitrogens with zero attached hydrogens (tertiary/aromatic N) is 6. The van der Waals surface area contributed by atoms with Gasteiger partial charge in [-0.2, -0.15) is 26.3 Å². The standard InChI is InChI=1S/C15H22N2O.C14H21N3O.C13H17F3N2O.C12H16F3N3O/c1-9(2)12-7-13(11-5-6-11)17-14(8-12)15(18)16-10(3)4;1-8(2)11-7-12(14(18)15-9(3)4)17-13(16-11)10-5-6-10;1-7(2)9-5-10(12(19)17-8(3)4)18-11(6-9)13(14,15)16;1-6(2)8-5-9(10(19)16-7(3)4)18-11(17-8)12(13,14)15/h7-11H,5-6H2,1-4H3,(H,16,18);7-10H,5-6H2,1-4H3,(H,15,18);5-8H,1-4H3,(H,17,19);5-7H,1-4H3,(H,16,19). The molecule has 2 saturated carbocycles. The number of carbonyl (C=O) groups is 4. The van der Waals surface area contributed by atoms with Crippen LogP contribution in [0.2, 0.25) is 0 Å². The fourth-order valence-corrected chi connectivity index (χ4v) is 6.53. The lowest BCUT2D eigenvalue weighted by molar-refractivity contribution is -0.145. The van der Waals surface area contributed by atoms with Crippen molar-refractivity contribution in [1.29, 1.82) is 0 Å². The van der Waals surface area contributed by atoms with Crippen LogP contribution in [0.1, 0.15) is 259 Å². The fourth-order valence-electron chi connectivity index (χ4n) is 6.53. The van der Waals surface area contributed by atoms with Gasteiger partial charge in [-0.3, -0.25) is 19.2 Å².